The topological polar surface area (TPSA) is 0 Å². The van der Waals surface area contributed by atoms with E-state index in [2.05, 4.69) is 40.7 Å². The molecule has 62 valence electrons. The Hall–Kier alpha value is -0.520. The lowest BCUT2D eigenvalue weighted by atomic mass is 9.77. The van der Waals surface area contributed by atoms with Crippen LogP contribution in [0.3, 0.4) is 0 Å². The molecule has 1 aliphatic carbocycles. The van der Waals surface area contributed by atoms with Crippen LogP contribution in [0.4, 0.5) is 0 Å². The van der Waals surface area contributed by atoms with Gasteiger partial charge in [0.15, 0.2) is 0 Å². The molecule has 0 heteroatoms. The first-order valence-corrected chi connectivity index (χ1v) is 4.28. The fourth-order valence-electron chi connectivity index (χ4n) is 1.90. The van der Waals surface area contributed by atoms with Crippen molar-refractivity contribution in [3.63, 3.8) is 0 Å². The van der Waals surface area contributed by atoms with Crippen molar-refractivity contribution >= 4 is 0 Å². The minimum Gasteiger partial charge on any atom is -0.0753 e. The van der Waals surface area contributed by atoms with E-state index in [1.54, 1.807) is 5.57 Å². The van der Waals surface area contributed by atoms with E-state index in [0.717, 1.165) is 0 Å². The summed E-state index contributed by atoms with van der Waals surface area (Å²) >= 11 is 0. The van der Waals surface area contributed by atoms with Gasteiger partial charge in [0.1, 0.15) is 0 Å². The fraction of sp³-hybridized carbons (Fsp3) is 0.636. The molecular weight excluding hydrogens is 132 g/mol. The minimum absolute atomic E-state index is 0.383. The summed E-state index contributed by atoms with van der Waals surface area (Å²) in [7, 11) is 0. The van der Waals surface area contributed by atoms with Crippen molar-refractivity contribution in [2.45, 2.75) is 41.0 Å². The lowest BCUT2D eigenvalue weighted by Gasteiger charge is -2.28. The van der Waals surface area contributed by atoms with E-state index >= 15 is 0 Å². The lowest BCUT2D eigenvalue weighted by molar-refractivity contribution is 0.463. The summed E-state index contributed by atoms with van der Waals surface area (Å²) in [4.78, 5) is 0. The molecule has 1 aliphatic rings. The quantitative estimate of drug-likeness (QED) is 0.494. The van der Waals surface area contributed by atoms with Crippen LogP contribution in [0.2, 0.25) is 0 Å². The highest BCUT2D eigenvalue weighted by Gasteiger charge is 2.21. The van der Waals surface area contributed by atoms with Crippen molar-refractivity contribution in [1.82, 2.24) is 0 Å². The molecule has 0 aliphatic heterocycles. The maximum Gasteiger partial charge on any atom is -0.0132 e. The third-order valence-corrected chi connectivity index (χ3v) is 2.56. The fourth-order valence-corrected chi connectivity index (χ4v) is 1.90. The molecule has 0 N–H and O–H groups in total. The Bertz CT molecular complexity index is 226. The van der Waals surface area contributed by atoms with Gasteiger partial charge in [0.05, 0.1) is 0 Å². The molecule has 0 fully saturated rings. The van der Waals surface area contributed by atoms with E-state index in [9.17, 15) is 0 Å². The van der Waals surface area contributed by atoms with Crippen LogP contribution in [0.25, 0.3) is 0 Å². The zero-order chi connectivity index (χ0) is 8.65. The van der Waals surface area contributed by atoms with E-state index in [1.165, 1.54) is 17.6 Å². The average Bonchev–Trinajstić information content (AvgIpc) is 1.81. The maximum absolute atomic E-state index is 2.38. The van der Waals surface area contributed by atoms with E-state index in [-0.39, 0.29) is 0 Å². The van der Waals surface area contributed by atoms with E-state index in [0.29, 0.717) is 5.41 Å². The van der Waals surface area contributed by atoms with Gasteiger partial charge in [0.25, 0.3) is 0 Å². The van der Waals surface area contributed by atoms with Gasteiger partial charge < -0.3 is 0 Å². The van der Waals surface area contributed by atoms with Crippen molar-refractivity contribution < 1.29 is 0 Å². The summed E-state index contributed by atoms with van der Waals surface area (Å²) in [6.45, 7) is 11.3. The second-order valence-electron chi connectivity index (χ2n) is 4.40. The number of allylic oxidation sites excluding steroid dienone is 4. The van der Waals surface area contributed by atoms with Crippen LogP contribution in [0, 0.1) is 5.41 Å². The van der Waals surface area contributed by atoms with Gasteiger partial charge in [-0.25, -0.2) is 0 Å². The van der Waals surface area contributed by atoms with Gasteiger partial charge in [-0.05, 0) is 38.2 Å². The van der Waals surface area contributed by atoms with Crippen LogP contribution in [0.1, 0.15) is 41.0 Å². The molecule has 0 aromatic heterocycles. The summed E-state index contributed by atoms with van der Waals surface area (Å²) < 4.78 is 0. The van der Waals surface area contributed by atoms with Gasteiger partial charge >= 0.3 is 0 Å². The molecule has 0 bridgehead atoms. The Balaban J connectivity index is 3.01. The van der Waals surface area contributed by atoms with Crippen LogP contribution < -0.4 is 0 Å². The van der Waals surface area contributed by atoms with Gasteiger partial charge in [-0.3, -0.25) is 0 Å². The average molecular weight is 150 g/mol. The van der Waals surface area contributed by atoms with Gasteiger partial charge in [0, 0.05) is 0 Å². The molecule has 0 saturated heterocycles. The Kier molecular flexibility index (Phi) is 1.96. The van der Waals surface area contributed by atoms with Gasteiger partial charge in [-0.1, -0.05) is 31.1 Å². The third-order valence-electron chi connectivity index (χ3n) is 2.56. The first kappa shape index (κ1) is 8.58. The number of hydrogen-bond acceptors (Lipinski definition) is 0. The number of rotatable bonds is 0. The first-order valence-electron chi connectivity index (χ1n) is 4.28. The Morgan fingerprint density at radius 2 is 1.73 bits per heavy atom. The highest BCUT2D eigenvalue weighted by Crippen LogP contribution is 2.36. The zero-order valence-electron chi connectivity index (χ0n) is 8.28. The largest absolute Gasteiger partial charge is 0.0753 e. The molecule has 0 atom stereocenters. The number of hydrogen-bond donors (Lipinski definition) is 0. The monoisotopic (exact) mass is 150 g/mol. The molecule has 0 aromatic carbocycles. The smallest absolute Gasteiger partial charge is 0.0132 e. The second-order valence-corrected chi connectivity index (χ2v) is 4.40. The lowest BCUT2D eigenvalue weighted by Crippen LogP contribution is -2.13. The molecule has 0 aromatic rings. The summed E-state index contributed by atoms with van der Waals surface area (Å²) in [5.41, 5.74) is 4.88. The van der Waals surface area contributed by atoms with Gasteiger partial charge in [0.2, 0.25) is 0 Å². The second kappa shape index (κ2) is 2.51. The standard InChI is InChI=1S/C11H18/c1-8-6-11(4,5)7-9(2)10(8)3/h6H,7H2,1-5H3. The van der Waals surface area contributed by atoms with Crippen molar-refractivity contribution in [3.05, 3.63) is 22.8 Å². The molecule has 0 amide bonds. The van der Waals surface area contributed by atoms with Crippen molar-refractivity contribution in [3.8, 4) is 0 Å². The Labute approximate surface area is 70.0 Å². The highest BCUT2D eigenvalue weighted by atomic mass is 14.3. The van der Waals surface area contributed by atoms with Crippen molar-refractivity contribution in [2.75, 3.05) is 0 Å². The molecule has 0 radical (unpaired) electrons. The normalized spacial score (nSPS) is 23.5. The molecular formula is C11H18. The van der Waals surface area contributed by atoms with E-state index < -0.39 is 0 Å². The van der Waals surface area contributed by atoms with Crippen LogP contribution in [-0.4, -0.2) is 0 Å². The van der Waals surface area contributed by atoms with Gasteiger partial charge in [-0.15, -0.1) is 0 Å². The molecule has 1 rings (SSSR count). The molecule has 0 saturated carbocycles. The summed E-state index contributed by atoms with van der Waals surface area (Å²) in [6.07, 6.45) is 3.60. The molecule has 11 heavy (non-hydrogen) atoms. The molecule has 0 spiro atoms. The van der Waals surface area contributed by atoms with E-state index in [4.69, 9.17) is 0 Å². The maximum atomic E-state index is 2.38. The predicted molar refractivity (Wildman–Crippen MR) is 50.5 cm³/mol. The SMILES string of the molecule is CC1=CC(C)(C)CC(C)=C1C. The first-order chi connectivity index (χ1) is 4.92. The molecule has 0 unspecified atom stereocenters. The highest BCUT2D eigenvalue weighted by molar-refractivity contribution is 5.37. The summed E-state index contributed by atoms with van der Waals surface area (Å²) in [6, 6.07) is 0. The van der Waals surface area contributed by atoms with Crippen LogP contribution in [0.5, 0.6) is 0 Å². The summed E-state index contributed by atoms with van der Waals surface area (Å²) in [5, 5.41) is 0. The summed E-state index contributed by atoms with van der Waals surface area (Å²) in [5.74, 6) is 0. The van der Waals surface area contributed by atoms with Crippen LogP contribution >= 0.6 is 0 Å². The Morgan fingerprint density at radius 1 is 1.18 bits per heavy atom. The minimum atomic E-state index is 0.383. The molecule has 0 nitrogen and oxygen atoms in total. The Morgan fingerprint density at radius 3 is 2.18 bits per heavy atom. The zero-order valence-corrected chi connectivity index (χ0v) is 8.28. The van der Waals surface area contributed by atoms with E-state index in [1.807, 2.05) is 0 Å². The third kappa shape index (κ3) is 1.74. The van der Waals surface area contributed by atoms with Crippen molar-refractivity contribution in [1.29, 1.82) is 0 Å². The van der Waals surface area contributed by atoms with Gasteiger partial charge in [-0.2, -0.15) is 0 Å². The molecule has 0 heterocycles. The van der Waals surface area contributed by atoms with Crippen LogP contribution in [0.15, 0.2) is 22.8 Å². The van der Waals surface area contributed by atoms with Crippen molar-refractivity contribution in [2.24, 2.45) is 5.41 Å². The van der Waals surface area contributed by atoms with Crippen LogP contribution in [-0.2, 0) is 0 Å². The predicted octanol–water partition coefficient (Wildman–Crippen LogP) is 3.70.